The van der Waals surface area contributed by atoms with E-state index < -0.39 is 0 Å². The van der Waals surface area contributed by atoms with Crippen molar-refractivity contribution in [3.63, 3.8) is 0 Å². The van der Waals surface area contributed by atoms with Gasteiger partial charge in [-0.25, -0.2) is 4.98 Å². The average Bonchev–Trinajstić information content (AvgIpc) is 3.29. The Morgan fingerprint density at radius 2 is 2.11 bits per heavy atom. The predicted octanol–water partition coefficient (Wildman–Crippen LogP) is 1.56. The molecule has 0 radical (unpaired) electrons. The number of rotatable bonds is 4. The predicted molar refractivity (Wildman–Crippen MR) is 99.4 cm³/mol. The fourth-order valence-corrected chi connectivity index (χ4v) is 4.05. The number of nitrogens with zero attached hydrogens (tertiary/aromatic N) is 6. The number of fused-ring (bicyclic) bond motifs is 1. The number of aromatic nitrogens is 4. The summed E-state index contributed by atoms with van der Waals surface area (Å²) in [7, 11) is 1.78. The molecular weight excluding hydrogens is 344 g/mol. The number of hydrogen-bond acceptors (Lipinski definition) is 4. The standard InChI is InChI=1S/C19H26N6O2/c1-14-20-7-10-23(14)9-6-15-5-3-4-8-24(15)18(26)16-13-17-19(27)22(2)11-12-25(17)21-16/h7,10,13,15H,3-6,8-9,11-12H2,1-2H3. The lowest BCUT2D eigenvalue weighted by Crippen LogP contribution is -2.44. The molecule has 0 spiro atoms. The summed E-state index contributed by atoms with van der Waals surface area (Å²) >= 11 is 0. The molecule has 2 aromatic rings. The summed E-state index contributed by atoms with van der Waals surface area (Å²) in [4.78, 5) is 33.3. The molecular formula is C19H26N6O2. The van der Waals surface area contributed by atoms with Gasteiger partial charge in [-0.05, 0) is 32.6 Å². The van der Waals surface area contributed by atoms with E-state index in [9.17, 15) is 9.59 Å². The first kappa shape index (κ1) is 17.8. The first-order valence-electron chi connectivity index (χ1n) is 9.66. The van der Waals surface area contributed by atoms with Crippen LogP contribution in [-0.2, 0) is 13.1 Å². The Balaban J connectivity index is 1.50. The largest absolute Gasteiger partial charge is 0.339 e. The van der Waals surface area contributed by atoms with Crippen LogP contribution in [0.2, 0.25) is 0 Å². The Hall–Kier alpha value is -2.64. The fourth-order valence-electron chi connectivity index (χ4n) is 4.05. The average molecular weight is 370 g/mol. The van der Waals surface area contributed by atoms with Crippen LogP contribution in [0.3, 0.4) is 0 Å². The molecule has 2 amide bonds. The summed E-state index contributed by atoms with van der Waals surface area (Å²) in [5.41, 5.74) is 0.897. The van der Waals surface area contributed by atoms with E-state index in [1.807, 2.05) is 24.2 Å². The minimum Gasteiger partial charge on any atom is -0.339 e. The second-order valence-electron chi connectivity index (χ2n) is 7.47. The highest BCUT2D eigenvalue weighted by Gasteiger charge is 2.31. The first-order valence-corrected chi connectivity index (χ1v) is 9.66. The summed E-state index contributed by atoms with van der Waals surface area (Å²) in [6, 6.07) is 1.86. The molecule has 2 aromatic heterocycles. The lowest BCUT2D eigenvalue weighted by Gasteiger charge is -2.35. The number of likely N-dealkylation sites (N-methyl/N-ethyl adjacent to an activating group) is 1. The van der Waals surface area contributed by atoms with Crippen molar-refractivity contribution in [3.8, 4) is 0 Å². The van der Waals surface area contributed by atoms with Gasteiger partial charge in [-0.15, -0.1) is 0 Å². The van der Waals surface area contributed by atoms with Crippen molar-refractivity contribution in [2.75, 3.05) is 20.1 Å². The van der Waals surface area contributed by atoms with Gasteiger partial charge in [-0.3, -0.25) is 14.3 Å². The maximum atomic E-state index is 13.2. The summed E-state index contributed by atoms with van der Waals surface area (Å²) in [6.07, 6.45) is 7.85. The summed E-state index contributed by atoms with van der Waals surface area (Å²) < 4.78 is 3.80. The van der Waals surface area contributed by atoms with E-state index in [1.165, 1.54) is 0 Å². The molecule has 1 fully saturated rings. The molecule has 8 heteroatoms. The molecule has 8 nitrogen and oxygen atoms in total. The van der Waals surface area contributed by atoms with Crippen LogP contribution in [-0.4, -0.2) is 67.1 Å². The van der Waals surface area contributed by atoms with Gasteiger partial charge < -0.3 is 14.4 Å². The van der Waals surface area contributed by atoms with Crippen LogP contribution in [0.15, 0.2) is 18.5 Å². The Bertz CT molecular complexity index is 854. The minimum atomic E-state index is -0.0708. The molecule has 0 bridgehead atoms. The van der Waals surface area contributed by atoms with Crippen molar-refractivity contribution >= 4 is 11.8 Å². The van der Waals surface area contributed by atoms with E-state index in [-0.39, 0.29) is 17.9 Å². The van der Waals surface area contributed by atoms with Gasteiger partial charge in [0, 0.05) is 51.2 Å². The minimum absolute atomic E-state index is 0.0561. The molecule has 0 aromatic carbocycles. The molecule has 4 heterocycles. The number of likely N-dealkylation sites (tertiary alicyclic amines) is 1. The number of aryl methyl sites for hydroxylation is 2. The highest BCUT2D eigenvalue weighted by Crippen LogP contribution is 2.23. The van der Waals surface area contributed by atoms with Crippen LogP contribution in [0.5, 0.6) is 0 Å². The van der Waals surface area contributed by atoms with Crippen LogP contribution in [0, 0.1) is 6.92 Å². The van der Waals surface area contributed by atoms with Gasteiger partial charge in [0.25, 0.3) is 11.8 Å². The number of imidazole rings is 1. The molecule has 0 aliphatic carbocycles. The van der Waals surface area contributed by atoms with Gasteiger partial charge in [0.15, 0.2) is 5.69 Å². The first-order chi connectivity index (χ1) is 13.0. The summed E-state index contributed by atoms with van der Waals surface area (Å²) in [6.45, 7) is 4.85. The number of amides is 2. The van der Waals surface area contributed by atoms with Crippen molar-refractivity contribution in [3.05, 3.63) is 35.7 Å². The Kier molecular flexibility index (Phi) is 4.72. The third kappa shape index (κ3) is 3.36. The van der Waals surface area contributed by atoms with Crippen LogP contribution >= 0.6 is 0 Å². The quantitative estimate of drug-likeness (QED) is 0.818. The van der Waals surface area contributed by atoms with E-state index in [1.54, 1.807) is 22.7 Å². The maximum absolute atomic E-state index is 13.2. The van der Waals surface area contributed by atoms with Gasteiger partial charge in [0.2, 0.25) is 0 Å². The van der Waals surface area contributed by atoms with E-state index >= 15 is 0 Å². The lowest BCUT2D eigenvalue weighted by molar-refractivity contribution is 0.0587. The van der Waals surface area contributed by atoms with E-state index in [2.05, 4.69) is 14.6 Å². The zero-order valence-corrected chi connectivity index (χ0v) is 16.0. The zero-order chi connectivity index (χ0) is 19.0. The van der Waals surface area contributed by atoms with Crippen LogP contribution < -0.4 is 0 Å². The Morgan fingerprint density at radius 1 is 1.26 bits per heavy atom. The van der Waals surface area contributed by atoms with Gasteiger partial charge in [-0.2, -0.15) is 5.10 Å². The molecule has 1 saturated heterocycles. The van der Waals surface area contributed by atoms with Crippen molar-refractivity contribution in [2.45, 2.75) is 51.7 Å². The molecule has 1 atom stereocenters. The van der Waals surface area contributed by atoms with Gasteiger partial charge in [0.05, 0.1) is 6.54 Å². The van der Waals surface area contributed by atoms with Crippen LogP contribution in [0.25, 0.3) is 0 Å². The molecule has 2 aliphatic rings. The van der Waals surface area contributed by atoms with Crippen molar-refractivity contribution < 1.29 is 9.59 Å². The zero-order valence-electron chi connectivity index (χ0n) is 16.0. The topological polar surface area (TPSA) is 76.3 Å². The molecule has 2 aliphatic heterocycles. The molecule has 144 valence electrons. The van der Waals surface area contributed by atoms with Crippen LogP contribution in [0.4, 0.5) is 0 Å². The molecule has 27 heavy (non-hydrogen) atoms. The fraction of sp³-hybridized carbons (Fsp3) is 0.579. The Labute approximate surface area is 158 Å². The van der Waals surface area contributed by atoms with E-state index in [4.69, 9.17) is 0 Å². The third-order valence-electron chi connectivity index (χ3n) is 5.73. The lowest BCUT2D eigenvalue weighted by atomic mass is 9.98. The molecule has 0 saturated carbocycles. The monoisotopic (exact) mass is 370 g/mol. The highest BCUT2D eigenvalue weighted by molar-refractivity contribution is 5.98. The second kappa shape index (κ2) is 7.17. The molecule has 0 N–H and O–H groups in total. The highest BCUT2D eigenvalue weighted by atomic mass is 16.2. The summed E-state index contributed by atoms with van der Waals surface area (Å²) in [5.74, 6) is 0.867. The smallest absolute Gasteiger partial charge is 0.274 e. The van der Waals surface area contributed by atoms with Crippen molar-refractivity contribution in [2.24, 2.45) is 0 Å². The van der Waals surface area contributed by atoms with Crippen LogP contribution in [0.1, 0.15) is 52.5 Å². The number of carbonyl (C=O) groups excluding carboxylic acids is 2. The van der Waals surface area contributed by atoms with Crippen molar-refractivity contribution in [1.82, 2.24) is 29.1 Å². The Morgan fingerprint density at radius 3 is 2.89 bits per heavy atom. The number of carbonyl (C=O) groups is 2. The van der Waals surface area contributed by atoms with Gasteiger partial charge in [-0.1, -0.05) is 0 Å². The molecule has 4 rings (SSSR count). The van der Waals surface area contributed by atoms with Crippen molar-refractivity contribution in [1.29, 1.82) is 0 Å². The number of piperidine rings is 1. The third-order valence-corrected chi connectivity index (χ3v) is 5.73. The normalized spacial score (nSPS) is 20.1. The van der Waals surface area contributed by atoms with E-state index in [0.29, 0.717) is 24.5 Å². The molecule has 1 unspecified atom stereocenters. The summed E-state index contributed by atoms with van der Waals surface area (Å²) in [5, 5.41) is 4.43. The second-order valence-corrected chi connectivity index (χ2v) is 7.47. The van der Waals surface area contributed by atoms with Gasteiger partial charge >= 0.3 is 0 Å². The number of hydrogen-bond donors (Lipinski definition) is 0. The SMILES string of the molecule is Cc1nccn1CCC1CCCCN1C(=O)c1cc2n(n1)CCN(C)C2=O. The van der Waals surface area contributed by atoms with E-state index in [0.717, 1.165) is 44.6 Å². The van der Waals surface area contributed by atoms with Gasteiger partial charge in [0.1, 0.15) is 11.5 Å². The maximum Gasteiger partial charge on any atom is 0.274 e.